The molecule has 3 heteroatoms. The first-order valence-corrected chi connectivity index (χ1v) is 6.06. The molecule has 0 spiro atoms. The molecule has 0 aliphatic carbocycles. The van der Waals surface area contributed by atoms with E-state index in [1.807, 2.05) is 6.07 Å². The molecule has 1 heterocycles. The third-order valence-corrected chi connectivity index (χ3v) is 3.23. The van der Waals surface area contributed by atoms with E-state index in [1.54, 1.807) is 0 Å². The Bertz CT molecular complexity index is 378. The molecule has 0 atom stereocenters. The Balaban J connectivity index is 0.00000144. The fourth-order valence-electron chi connectivity index (χ4n) is 2.33. The van der Waals surface area contributed by atoms with Crippen molar-refractivity contribution in [1.82, 2.24) is 4.90 Å². The molecule has 0 saturated carbocycles. The fourth-order valence-corrected chi connectivity index (χ4v) is 2.33. The molecule has 1 fully saturated rings. The monoisotopic (exact) mass is 250 g/mol. The third-order valence-electron chi connectivity index (χ3n) is 3.23. The number of hydrogen-bond acceptors (Lipinski definition) is 2. The SMILES string of the molecule is Cl.N#CCc1ccccc1CN1CCCCC1. The lowest BCUT2D eigenvalue weighted by Crippen LogP contribution is -2.29. The molecule has 1 aromatic carbocycles. The van der Waals surface area contributed by atoms with E-state index < -0.39 is 0 Å². The number of piperidine rings is 1. The second kappa shape index (κ2) is 7.32. The highest BCUT2D eigenvalue weighted by Crippen LogP contribution is 2.16. The van der Waals surface area contributed by atoms with Gasteiger partial charge in [0.15, 0.2) is 0 Å². The van der Waals surface area contributed by atoms with E-state index >= 15 is 0 Å². The van der Waals surface area contributed by atoms with Gasteiger partial charge >= 0.3 is 0 Å². The molecule has 0 aromatic heterocycles. The molecule has 2 nitrogen and oxygen atoms in total. The van der Waals surface area contributed by atoms with Crippen LogP contribution < -0.4 is 0 Å². The van der Waals surface area contributed by atoms with Crippen LogP contribution in [-0.2, 0) is 13.0 Å². The molecule has 0 unspecified atom stereocenters. The van der Waals surface area contributed by atoms with Crippen molar-refractivity contribution in [2.24, 2.45) is 0 Å². The minimum atomic E-state index is 0. The molecule has 0 N–H and O–H groups in total. The average Bonchev–Trinajstić information content (AvgIpc) is 2.33. The smallest absolute Gasteiger partial charge is 0.0669 e. The van der Waals surface area contributed by atoms with Crippen LogP contribution in [0.15, 0.2) is 24.3 Å². The van der Waals surface area contributed by atoms with Gasteiger partial charge in [-0.1, -0.05) is 30.7 Å². The van der Waals surface area contributed by atoms with Crippen molar-refractivity contribution in [3.8, 4) is 6.07 Å². The molecule has 17 heavy (non-hydrogen) atoms. The zero-order valence-corrected chi connectivity index (χ0v) is 10.9. The molecule has 0 bridgehead atoms. The number of rotatable bonds is 3. The Morgan fingerprint density at radius 1 is 1.06 bits per heavy atom. The van der Waals surface area contributed by atoms with E-state index in [9.17, 15) is 0 Å². The van der Waals surface area contributed by atoms with Gasteiger partial charge in [-0.3, -0.25) is 4.90 Å². The van der Waals surface area contributed by atoms with Crippen LogP contribution in [-0.4, -0.2) is 18.0 Å². The summed E-state index contributed by atoms with van der Waals surface area (Å²) in [5.74, 6) is 0. The predicted molar refractivity (Wildman–Crippen MR) is 72.1 cm³/mol. The largest absolute Gasteiger partial charge is 0.299 e. The Labute approximate surface area is 110 Å². The Morgan fingerprint density at radius 2 is 1.71 bits per heavy atom. The highest BCUT2D eigenvalue weighted by molar-refractivity contribution is 5.85. The van der Waals surface area contributed by atoms with Crippen LogP contribution in [0.2, 0.25) is 0 Å². The summed E-state index contributed by atoms with van der Waals surface area (Å²) in [6.07, 6.45) is 4.54. The first-order valence-electron chi connectivity index (χ1n) is 6.06. The highest BCUT2D eigenvalue weighted by Gasteiger charge is 2.11. The number of benzene rings is 1. The second-order valence-corrected chi connectivity index (χ2v) is 4.44. The van der Waals surface area contributed by atoms with Gasteiger partial charge in [0.1, 0.15) is 0 Å². The fraction of sp³-hybridized carbons (Fsp3) is 0.500. The predicted octanol–water partition coefficient (Wildman–Crippen LogP) is 3.16. The molecule has 0 amide bonds. The summed E-state index contributed by atoms with van der Waals surface area (Å²) in [5.41, 5.74) is 2.52. The molecule has 1 saturated heterocycles. The van der Waals surface area contributed by atoms with Gasteiger partial charge in [0.25, 0.3) is 0 Å². The number of nitrogens with zero attached hydrogens (tertiary/aromatic N) is 2. The van der Waals surface area contributed by atoms with Crippen LogP contribution in [0.25, 0.3) is 0 Å². The number of nitriles is 1. The van der Waals surface area contributed by atoms with Gasteiger partial charge in [-0.25, -0.2) is 0 Å². The summed E-state index contributed by atoms with van der Waals surface area (Å²) in [6, 6.07) is 10.6. The van der Waals surface area contributed by atoms with E-state index in [2.05, 4.69) is 29.2 Å². The summed E-state index contributed by atoms with van der Waals surface area (Å²) >= 11 is 0. The number of halogens is 1. The Hall–Kier alpha value is -1.04. The van der Waals surface area contributed by atoms with E-state index in [0.29, 0.717) is 6.42 Å². The topological polar surface area (TPSA) is 27.0 Å². The minimum Gasteiger partial charge on any atom is -0.299 e. The lowest BCUT2D eigenvalue weighted by atomic mass is 10.0. The maximum absolute atomic E-state index is 8.79. The second-order valence-electron chi connectivity index (χ2n) is 4.44. The lowest BCUT2D eigenvalue weighted by Gasteiger charge is -2.27. The van der Waals surface area contributed by atoms with Gasteiger partial charge in [-0.15, -0.1) is 12.4 Å². The lowest BCUT2D eigenvalue weighted by molar-refractivity contribution is 0.220. The average molecular weight is 251 g/mol. The van der Waals surface area contributed by atoms with Gasteiger partial charge in [-0.2, -0.15) is 5.26 Å². The normalized spacial score (nSPS) is 15.9. The Morgan fingerprint density at radius 3 is 2.35 bits per heavy atom. The van der Waals surface area contributed by atoms with Crippen LogP contribution in [0.4, 0.5) is 0 Å². The highest BCUT2D eigenvalue weighted by atomic mass is 35.5. The Kier molecular flexibility index (Phi) is 6.04. The molecule has 1 aromatic rings. The molecule has 1 aliphatic heterocycles. The zero-order valence-electron chi connectivity index (χ0n) is 10.1. The van der Waals surface area contributed by atoms with E-state index in [0.717, 1.165) is 6.54 Å². The third kappa shape index (κ3) is 4.03. The molecule has 2 rings (SSSR count). The van der Waals surface area contributed by atoms with Gasteiger partial charge in [0.05, 0.1) is 12.5 Å². The van der Waals surface area contributed by atoms with Crippen molar-refractivity contribution < 1.29 is 0 Å². The molecule has 92 valence electrons. The van der Waals surface area contributed by atoms with E-state index in [4.69, 9.17) is 5.26 Å². The quantitative estimate of drug-likeness (QED) is 0.824. The van der Waals surface area contributed by atoms with Gasteiger partial charge in [-0.05, 0) is 37.1 Å². The summed E-state index contributed by atoms with van der Waals surface area (Å²) in [7, 11) is 0. The van der Waals surface area contributed by atoms with Gasteiger partial charge < -0.3 is 0 Å². The maximum Gasteiger partial charge on any atom is 0.0669 e. The van der Waals surface area contributed by atoms with Gasteiger partial charge in [0, 0.05) is 6.54 Å². The van der Waals surface area contributed by atoms with Crippen molar-refractivity contribution in [2.75, 3.05) is 13.1 Å². The van der Waals surface area contributed by atoms with Crippen molar-refractivity contribution in [2.45, 2.75) is 32.2 Å². The summed E-state index contributed by atoms with van der Waals surface area (Å²) < 4.78 is 0. The molecule has 1 aliphatic rings. The van der Waals surface area contributed by atoms with Crippen LogP contribution >= 0.6 is 12.4 Å². The summed E-state index contributed by atoms with van der Waals surface area (Å²) in [5, 5.41) is 8.79. The van der Waals surface area contributed by atoms with Gasteiger partial charge in [0.2, 0.25) is 0 Å². The molecular formula is C14H19ClN2. The van der Waals surface area contributed by atoms with E-state index in [1.165, 1.54) is 43.5 Å². The number of likely N-dealkylation sites (tertiary alicyclic amines) is 1. The maximum atomic E-state index is 8.79. The molecular weight excluding hydrogens is 232 g/mol. The minimum absolute atomic E-state index is 0. The van der Waals surface area contributed by atoms with Crippen molar-refractivity contribution >= 4 is 12.4 Å². The van der Waals surface area contributed by atoms with Crippen molar-refractivity contribution in [3.63, 3.8) is 0 Å². The van der Waals surface area contributed by atoms with Crippen LogP contribution in [0.1, 0.15) is 30.4 Å². The van der Waals surface area contributed by atoms with Crippen molar-refractivity contribution in [1.29, 1.82) is 5.26 Å². The summed E-state index contributed by atoms with van der Waals surface area (Å²) in [4.78, 5) is 2.50. The first kappa shape index (κ1) is 14.0. The summed E-state index contributed by atoms with van der Waals surface area (Å²) in [6.45, 7) is 3.43. The van der Waals surface area contributed by atoms with Crippen LogP contribution in [0.3, 0.4) is 0 Å². The number of hydrogen-bond donors (Lipinski definition) is 0. The van der Waals surface area contributed by atoms with Crippen LogP contribution in [0, 0.1) is 11.3 Å². The first-order chi connectivity index (χ1) is 7.90. The standard InChI is InChI=1S/C14H18N2.ClH/c15-9-8-13-6-2-3-7-14(13)12-16-10-4-1-5-11-16;/h2-3,6-7H,1,4-5,8,10-12H2;1H. The molecule has 0 radical (unpaired) electrons. The zero-order chi connectivity index (χ0) is 11.2. The van der Waals surface area contributed by atoms with E-state index in [-0.39, 0.29) is 12.4 Å². The van der Waals surface area contributed by atoms with Crippen LogP contribution in [0.5, 0.6) is 0 Å². The van der Waals surface area contributed by atoms with Crippen molar-refractivity contribution in [3.05, 3.63) is 35.4 Å².